The van der Waals surface area contributed by atoms with Crippen LogP contribution in [-0.2, 0) is 9.53 Å². The molecular formula is C15H16F2N2O4S. The average Bonchev–Trinajstić information content (AvgIpc) is 2.53. The predicted octanol–water partition coefficient (Wildman–Crippen LogP) is 2.12. The van der Waals surface area contributed by atoms with Crippen molar-refractivity contribution in [3.8, 4) is 11.5 Å². The number of carbonyl (C=O) groups is 1. The Bertz CT molecular complexity index is 669. The van der Waals surface area contributed by atoms with Crippen LogP contribution in [0, 0.1) is 5.92 Å². The minimum atomic E-state index is -2.98. The van der Waals surface area contributed by atoms with E-state index in [9.17, 15) is 13.6 Å². The summed E-state index contributed by atoms with van der Waals surface area (Å²) in [6, 6.07) is 3.78. The number of hydrogen-bond acceptors (Lipinski definition) is 5. The zero-order valence-corrected chi connectivity index (χ0v) is 13.8. The standard InChI is InChI=1S/C15H16F2N2O4S/c1-7-11(13(20)22-3)12(19-15(24)18-7)8-4-5-9(23-14(16)17)10(6-8)21-2/h4-6,11-12,14H,1H2,2-3H3,(H2,18,19,24)/t11-,12+/m0/s1. The molecule has 0 spiro atoms. The molecule has 1 aliphatic heterocycles. The van der Waals surface area contributed by atoms with Crippen molar-refractivity contribution >= 4 is 23.3 Å². The van der Waals surface area contributed by atoms with Crippen LogP contribution in [0.1, 0.15) is 11.6 Å². The molecule has 0 bridgehead atoms. The number of thiocarbonyl (C=S) groups is 1. The highest BCUT2D eigenvalue weighted by Gasteiger charge is 2.37. The zero-order chi connectivity index (χ0) is 17.9. The van der Waals surface area contributed by atoms with Crippen molar-refractivity contribution in [1.29, 1.82) is 0 Å². The lowest BCUT2D eigenvalue weighted by Gasteiger charge is -2.34. The smallest absolute Gasteiger partial charge is 0.387 e. The van der Waals surface area contributed by atoms with Crippen LogP contribution in [0.3, 0.4) is 0 Å². The van der Waals surface area contributed by atoms with Crippen LogP contribution < -0.4 is 20.1 Å². The van der Waals surface area contributed by atoms with Crippen LogP contribution in [0.2, 0.25) is 0 Å². The monoisotopic (exact) mass is 358 g/mol. The molecule has 0 saturated carbocycles. The molecule has 1 aliphatic rings. The lowest BCUT2D eigenvalue weighted by atomic mass is 9.89. The predicted molar refractivity (Wildman–Crippen MR) is 85.9 cm³/mol. The Balaban J connectivity index is 2.41. The molecule has 24 heavy (non-hydrogen) atoms. The number of esters is 1. The fourth-order valence-electron chi connectivity index (χ4n) is 2.44. The van der Waals surface area contributed by atoms with E-state index in [4.69, 9.17) is 21.7 Å². The summed E-state index contributed by atoms with van der Waals surface area (Å²) >= 11 is 5.09. The number of methoxy groups -OCH3 is 2. The number of benzene rings is 1. The summed E-state index contributed by atoms with van der Waals surface area (Å²) in [7, 11) is 2.59. The molecule has 0 aromatic heterocycles. The molecule has 2 rings (SSSR count). The van der Waals surface area contributed by atoms with E-state index >= 15 is 0 Å². The molecule has 9 heteroatoms. The lowest BCUT2D eigenvalue weighted by molar-refractivity contribution is -0.145. The van der Waals surface area contributed by atoms with Crippen molar-refractivity contribution in [2.45, 2.75) is 12.7 Å². The van der Waals surface area contributed by atoms with E-state index in [1.165, 1.54) is 32.4 Å². The van der Waals surface area contributed by atoms with Gasteiger partial charge in [0.15, 0.2) is 16.6 Å². The van der Waals surface area contributed by atoms with Crippen molar-refractivity contribution in [3.05, 3.63) is 36.0 Å². The van der Waals surface area contributed by atoms with Crippen LogP contribution in [0.5, 0.6) is 11.5 Å². The molecule has 1 heterocycles. The molecule has 0 amide bonds. The molecule has 2 N–H and O–H groups in total. The van der Waals surface area contributed by atoms with Crippen molar-refractivity contribution in [2.24, 2.45) is 5.92 Å². The molecule has 0 unspecified atom stereocenters. The molecule has 2 atom stereocenters. The van der Waals surface area contributed by atoms with E-state index in [2.05, 4.69) is 21.9 Å². The third kappa shape index (κ3) is 3.73. The highest BCUT2D eigenvalue weighted by Crippen LogP contribution is 2.36. The summed E-state index contributed by atoms with van der Waals surface area (Å²) in [5, 5.41) is 6.02. The SMILES string of the molecule is C=C1NC(=S)N[C@H](c2ccc(OC(F)F)c(OC)c2)[C@H]1C(=O)OC. The number of alkyl halides is 2. The maximum absolute atomic E-state index is 12.4. The van der Waals surface area contributed by atoms with Gasteiger partial charge in [-0.25, -0.2) is 0 Å². The maximum atomic E-state index is 12.4. The van der Waals surface area contributed by atoms with Gasteiger partial charge >= 0.3 is 12.6 Å². The topological polar surface area (TPSA) is 68.8 Å². The Hall–Kier alpha value is -2.42. The van der Waals surface area contributed by atoms with Crippen molar-refractivity contribution < 1.29 is 27.8 Å². The van der Waals surface area contributed by atoms with Gasteiger partial charge in [0.2, 0.25) is 0 Å². The Kier molecular flexibility index (Phi) is 5.55. The molecule has 1 aromatic carbocycles. The van der Waals surface area contributed by atoms with Gasteiger partial charge in [0.1, 0.15) is 5.92 Å². The highest BCUT2D eigenvalue weighted by atomic mass is 32.1. The van der Waals surface area contributed by atoms with Gasteiger partial charge in [-0.15, -0.1) is 0 Å². The number of ether oxygens (including phenoxy) is 3. The van der Waals surface area contributed by atoms with E-state index in [0.29, 0.717) is 11.3 Å². The van der Waals surface area contributed by atoms with Crippen LogP contribution in [0.15, 0.2) is 30.5 Å². The number of hydrogen-bond donors (Lipinski definition) is 2. The van der Waals surface area contributed by atoms with Crippen LogP contribution in [0.4, 0.5) is 8.78 Å². The van der Waals surface area contributed by atoms with Crippen molar-refractivity contribution in [2.75, 3.05) is 14.2 Å². The van der Waals surface area contributed by atoms with Gasteiger partial charge in [0.25, 0.3) is 0 Å². The fourth-order valence-corrected chi connectivity index (χ4v) is 2.70. The third-order valence-corrected chi connectivity index (χ3v) is 3.71. The van der Waals surface area contributed by atoms with Gasteiger partial charge in [-0.3, -0.25) is 4.79 Å². The zero-order valence-electron chi connectivity index (χ0n) is 13.0. The van der Waals surface area contributed by atoms with Crippen LogP contribution >= 0.6 is 12.2 Å². The van der Waals surface area contributed by atoms with Crippen molar-refractivity contribution in [3.63, 3.8) is 0 Å². The molecular weight excluding hydrogens is 342 g/mol. The first-order valence-electron chi connectivity index (χ1n) is 6.84. The van der Waals surface area contributed by atoms with Gasteiger partial charge in [0.05, 0.1) is 20.3 Å². The van der Waals surface area contributed by atoms with Crippen LogP contribution in [-0.4, -0.2) is 31.9 Å². The van der Waals surface area contributed by atoms with E-state index < -0.39 is 24.5 Å². The second-order valence-corrected chi connectivity index (χ2v) is 5.30. The van der Waals surface area contributed by atoms with Gasteiger partial charge in [-0.1, -0.05) is 12.6 Å². The Morgan fingerprint density at radius 2 is 2.04 bits per heavy atom. The molecule has 1 aromatic rings. The number of halogens is 2. The van der Waals surface area contributed by atoms with Gasteiger partial charge in [-0.2, -0.15) is 8.78 Å². The Morgan fingerprint density at radius 1 is 1.33 bits per heavy atom. The van der Waals surface area contributed by atoms with Gasteiger partial charge in [0, 0.05) is 5.70 Å². The normalized spacial score (nSPS) is 20.2. The first kappa shape index (κ1) is 17.9. The minimum absolute atomic E-state index is 0.105. The van der Waals surface area contributed by atoms with E-state index in [-0.39, 0.29) is 16.6 Å². The third-order valence-electron chi connectivity index (χ3n) is 3.49. The molecule has 0 aliphatic carbocycles. The summed E-state index contributed by atoms with van der Waals surface area (Å²) < 4.78 is 39.1. The quantitative estimate of drug-likeness (QED) is 0.617. The highest BCUT2D eigenvalue weighted by molar-refractivity contribution is 7.80. The average molecular weight is 358 g/mol. The van der Waals surface area contributed by atoms with E-state index in [0.717, 1.165) is 0 Å². The van der Waals surface area contributed by atoms with E-state index in [1.807, 2.05) is 0 Å². The van der Waals surface area contributed by atoms with Gasteiger partial charge in [-0.05, 0) is 29.9 Å². The summed E-state index contributed by atoms with van der Waals surface area (Å²) in [4.78, 5) is 12.1. The van der Waals surface area contributed by atoms with E-state index in [1.54, 1.807) is 0 Å². The molecule has 130 valence electrons. The van der Waals surface area contributed by atoms with Gasteiger partial charge < -0.3 is 24.8 Å². The fraction of sp³-hybridized carbons (Fsp3) is 0.333. The summed E-state index contributed by atoms with van der Waals surface area (Å²) in [6.45, 7) is 0.821. The molecule has 6 nitrogen and oxygen atoms in total. The molecule has 1 fully saturated rings. The number of carbonyl (C=O) groups excluding carboxylic acids is 1. The molecule has 1 saturated heterocycles. The first-order chi connectivity index (χ1) is 11.4. The number of rotatable bonds is 5. The second-order valence-electron chi connectivity index (χ2n) is 4.89. The second kappa shape index (κ2) is 7.43. The summed E-state index contributed by atoms with van der Waals surface area (Å²) in [5.74, 6) is -1.28. The summed E-state index contributed by atoms with van der Waals surface area (Å²) in [6.07, 6.45) is 0. The number of nitrogens with one attached hydrogen (secondary N) is 2. The largest absolute Gasteiger partial charge is 0.493 e. The summed E-state index contributed by atoms with van der Waals surface area (Å²) in [5.41, 5.74) is 0.955. The Morgan fingerprint density at radius 3 is 2.62 bits per heavy atom. The van der Waals surface area contributed by atoms with Crippen LogP contribution in [0.25, 0.3) is 0 Å². The lowest BCUT2D eigenvalue weighted by Crippen LogP contribution is -2.50. The minimum Gasteiger partial charge on any atom is -0.493 e. The molecule has 0 radical (unpaired) electrons. The Labute approximate surface area is 142 Å². The first-order valence-corrected chi connectivity index (χ1v) is 7.25. The van der Waals surface area contributed by atoms with Crippen molar-refractivity contribution in [1.82, 2.24) is 10.6 Å². The maximum Gasteiger partial charge on any atom is 0.387 e.